The summed E-state index contributed by atoms with van der Waals surface area (Å²) in [5, 5.41) is 8.56. The van der Waals surface area contributed by atoms with E-state index in [1.54, 1.807) is 0 Å². The van der Waals surface area contributed by atoms with Gasteiger partial charge in [-0.3, -0.25) is 0 Å². The van der Waals surface area contributed by atoms with Crippen molar-refractivity contribution in [1.29, 1.82) is 0 Å². The van der Waals surface area contributed by atoms with Gasteiger partial charge in [0.2, 0.25) is 0 Å². The minimum Gasteiger partial charge on any atom is -0.394 e. The van der Waals surface area contributed by atoms with Crippen LogP contribution in [0.25, 0.3) is 0 Å². The summed E-state index contributed by atoms with van der Waals surface area (Å²) >= 11 is 0. The van der Waals surface area contributed by atoms with Crippen molar-refractivity contribution in [2.75, 3.05) is 6.61 Å². The number of hydrogen-bond acceptors (Lipinski definition) is 2. The van der Waals surface area contributed by atoms with Gasteiger partial charge in [0, 0.05) is 0 Å². The molecule has 0 spiro atoms. The molecule has 1 fully saturated rings. The molecule has 1 aliphatic heterocycles. The second-order valence-corrected chi connectivity index (χ2v) is 2.33. The molecule has 0 aromatic carbocycles. The van der Waals surface area contributed by atoms with Gasteiger partial charge >= 0.3 is 0 Å². The van der Waals surface area contributed by atoms with E-state index in [1.165, 1.54) is 0 Å². The Morgan fingerprint density at radius 3 is 2.62 bits per heavy atom. The summed E-state index contributed by atoms with van der Waals surface area (Å²) in [6, 6.07) is 0. The average molecular weight is 116 g/mol. The van der Waals surface area contributed by atoms with Crippen molar-refractivity contribution in [3.8, 4) is 0 Å². The monoisotopic (exact) mass is 116 g/mol. The third kappa shape index (κ3) is 1.20. The first kappa shape index (κ1) is 6.05. The van der Waals surface area contributed by atoms with Crippen LogP contribution in [0, 0.1) is 0 Å². The van der Waals surface area contributed by atoms with Crippen LogP contribution >= 0.6 is 0 Å². The Kier molecular flexibility index (Phi) is 1.86. The lowest BCUT2D eigenvalue weighted by Crippen LogP contribution is -2.11. The lowest BCUT2D eigenvalue weighted by molar-refractivity contribution is 0.0198. The molecule has 0 aliphatic carbocycles. The van der Waals surface area contributed by atoms with Gasteiger partial charge in [0.1, 0.15) is 0 Å². The van der Waals surface area contributed by atoms with Gasteiger partial charge in [0.25, 0.3) is 0 Å². The van der Waals surface area contributed by atoms with E-state index in [1.807, 2.05) is 6.92 Å². The highest BCUT2D eigenvalue weighted by Crippen LogP contribution is 2.17. The Bertz CT molecular complexity index is 72.9. The molecule has 2 atom stereocenters. The third-order valence-corrected chi connectivity index (χ3v) is 1.52. The van der Waals surface area contributed by atoms with Crippen molar-refractivity contribution in [3.63, 3.8) is 0 Å². The van der Waals surface area contributed by atoms with Crippen LogP contribution in [0.4, 0.5) is 0 Å². The van der Waals surface area contributed by atoms with Gasteiger partial charge in [-0.25, -0.2) is 0 Å². The zero-order chi connectivity index (χ0) is 5.98. The van der Waals surface area contributed by atoms with Gasteiger partial charge < -0.3 is 9.84 Å². The molecule has 8 heavy (non-hydrogen) atoms. The predicted molar refractivity (Wildman–Crippen MR) is 30.7 cm³/mol. The maximum absolute atomic E-state index is 8.56. The summed E-state index contributed by atoms with van der Waals surface area (Å²) in [6.07, 6.45) is 2.63. The predicted octanol–water partition coefficient (Wildman–Crippen LogP) is 0.546. The number of hydrogen-bond donors (Lipinski definition) is 1. The Balaban J connectivity index is 2.22. The summed E-state index contributed by atoms with van der Waals surface area (Å²) in [5.41, 5.74) is 0. The Hall–Kier alpha value is -0.0800. The highest BCUT2D eigenvalue weighted by atomic mass is 16.5. The normalized spacial score (nSPS) is 38.2. The molecule has 0 aromatic rings. The Morgan fingerprint density at radius 1 is 1.62 bits per heavy atom. The maximum atomic E-state index is 8.56. The van der Waals surface area contributed by atoms with Crippen LogP contribution in [0.5, 0.6) is 0 Å². The van der Waals surface area contributed by atoms with Gasteiger partial charge in [-0.1, -0.05) is 0 Å². The molecule has 1 rings (SSSR count). The van der Waals surface area contributed by atoms with E-state index in [4.69, 9.17) is 9.84 Å². The van der Waals surface area contributed by atoms with E-state index in [0.717, 1.165) is 12.8 Å². The fraction of sp³-hybridized carbons (Fsp3) is 1.00. The molecule has 2 heteroatoms. The van der Waals surface area contributed by atoms with Gasteiger partial charge in [-0.2, -0.15) is 0 Å². The standard InChI is InChI=1S/C6H12O2/c1-5-2-3-6(4-7)8-5/h5-7H,2-4H2,1H3/t5-,6+/m0/s1. The molecule has 0 bridgehead atoms. The first-order valence-corrected chi connectivity index (χ1v) is 3.09. The molecule has 1 N–H and O–H groups in total. The third-order valence-electron chi connectivity index (χ3n) is 1.52. The van der Waals surface area contributed by atoms with Crippen LogP contribution in [-0.4, -0.2) is 23.9 Å². The first-order valence-electron chi connectivity index (χ1n) is 3.09. The summed E-state index contributed by atoms with van der Waals surface area (Å²) in [5.74, 6) is 0. The highest BCUT2D eigenvalue weighted by molar-refractivity contribution is 4.68. The fourth-order valence-electron chi connectivity index (χ4n) is 1.02. The molecule has 0 saturated carbocycles. The zero-order valence-corrected chi connectivity index (χ0v) is 5.13. The van der Waals surface area contributed by atoms with Crippen molar-refractivity contribution in [2.24, 2.45) is 0 Å². The minimum absolute atomic E-state index is 0.130. The second-order valence-electron chi connectivity index (χ2n) is 2.33. The first-order chi connectivity index (χ1) is 3.83. The number of aliphatic hydroxyl groups is 1. The van der Waals surface area contributed by atoms with Gasteiger partial charge in [0.05, 0.1) is 18.8 Å². The molecule has 0 unspecified atom stereocenters. The molecule has 0 amide bonds. The van der Waals surface area contributed by atoms with Crippen molar-refractivity contribution in [3.05, 3.63) is 0 Å². The molecule has 1 heterocycles. The van der Waals surface area contributed by atoms with E-state index in [-0.39, 0.29) is 12.7 Å². The van der Waals surface area contributed by atoms with E-state index in [9.17, 15) is 0 Å². The summed E-state index contributed by atoms with van der Waals surface area (Å²) in [7, 11) is 0. The van der Waals surface area contributed by atoms with Crippen LogP contribution in [0.3, 0.4) is 0 Å². The number of ether oxygens (including phenoxy) is 1. The maximum Gasteiger partial charge on any atom is 0.0810 e. The molecule has 2 nitrogen and oxygen atoms in total. The summed E-state index contributed by atoms with van der Waals surface area (Å²) < 4.78 is 5.26. The highest BCUT2D eigenvalue weighted by Gasteiger charge is 2.19. The molecule has 1 saturated heterocycles. The molecular formula is C6H12O2. The molecule has 0 aromatic heterocycles. The van der Waals surface area contributed by atoms with E-state index in [0.29, 0.717) is 6.10 Å². The number of aliphatic hydroxyl groups excluding tert-OH is 1. The van der Waals surface area contributed by atoms with E-state index < -0.39 is 0 Å². The molecule has 1 aliphatic rings. The van der Waals surface area contributed by atoms with Crippen molar-refractivity contribution in [1.82, 2.24) is 0 Å². The van der Waals surface area contributed by atoms with E-state index >= 15 is 0 Å². The van der Waals surface area contributed by atoms with Crippen LogP contribution < -0.4 is 0 Å². The smallest absolute Gasteiger partial charge is 0.0810 e. The lowest BCUT2D eigenvalue weighted by atomic mass is 10.2. The van der Waals surface area contributed by atoms with Gasteiger partial charge in [-0.05, 0) is 19.8 Å². The van der Waals surface area contributed by atoms with Crippen molar-refractivity contribution >= 4 is 0 Å². The Morgan fingerprint density at radius 2 is 2.38 bits per heavy atom. The average Bonchev–Trinajstić information content (AvgIpc) is 2.14. The van der Waals surface area contributed by atoms with Crippen molar-refractivity contribution in [2.45, 2.75) is 32.0 Å². The van der Waals surface area contributed by atoms with Crippen LogP contribution in [0.2, 0.25) is 0 Å². The van der Waals surface area contributed by atoms with Crippen LogP contribution in [0.15, 0.2) is 0 Å². The minimum atomic E-state index is 0.130. The van der Waals surface area contributed by atoms with E-state index in [2.05, 4.69) is 0 Å². The van der Waals surface area contributed by atoms with Crippen LogP contribution in [-0.2, 0) is 4.74 Å². The van der Waals surface area contributed by atoms with Crippen molar-refractivity contribution < 1.29 is 9.84 Å². The van der Waals surface area contributed by atoms with Gasteiger partial charge in [-0.15, -0.1) is 0 Å². The zero-order valence-electron chi connectivity index (χ0n) is 5.13. The van der Waals surface area contributed by atoms with Crippen LogP contribution in [0.1, 0.15) is 19.8 Å². The van der Waals surface area contributed by atoms with Gasteiger partial charge in [0.15, 0.2) is 0 Å². The largest absolute Gasteiger partial charge is 0.394 e. The topological polar surface area (TPSA) is 29.5 Å². The SMILES string of the molecule is C[C@H]1CC[C@H](CO)O1. The fourth-order valence-corrected chi connectivity index (χ4v) is 1.02. The number of rotatable bonds is 1. The summed E-state index contributed by atoms with van der Waals surface area (Å²) in [6.45, 7) is 2.22. The summed E-state index contributed by atoms with van der Waals surface area (Å²) in [4.78, 5) is 0. The molecule has 48 valence electrons. The lowest BCUT2D eigenvalue weighted by Gasteiger charge is -2.05. The molecule has 0 radical (unpaired) electrons. The second kappa shape index (κ2) is 2.46. The quantitative estimate of drug-likeness (QED) is 0.542. The molecular weight excluding hydrogens is 104 g/mol. The Labute approximate surface area is 49.5 Å².